The van der Waals surface area contributed by atoms with E-state index in [2.05, 4.69) is 120 Å². The third kappa shape index (κ3) is 3.43. The Morgan fingerprint density at radius 2 is 0.955 bits per heavy atom. The Hall–Kier alpha value is -5.58. The number of furan rings is 2. The van der Waals surface area contributed by atoms with Gasteiger partial charge in [0.05, 0.1) is 0 Å². The number of para-hydroxylation sites is 2. The van der Waals surface area contributed by atoms with E-state index >= 15 is 0 Å². The van der Waals surface area contributed by atoms with Crippen LogP contribution in [0.4, 0.5) is 17.1 Å². The molecule has 10 rings (SSSR count). The van der Waals surface area contributed by atoms with E-state index in [4.69, 9.17) is 8.83 Å². The van der Waals surface area contributed by atoms with Crippen LogP contribution in [-0.4, -0.2) is 0 Å². The van der Waals surface area contributed by atoms with Gasteiger partial charge in [-0.3, -0.25) is 0 Å². The van der Waals surface area contributed by atoms with Crippen molar-refractivity contribution in [3.05, 3.63) is 140 Å². The molecule has 0 spiro atoms. The Morgan fingerprint density at radius 1 is 0.386 bits per heavy atom. The molecule has 0 radical (unpaired) electrons. The number of rotatable bonds is 3. The van der Waals surface area contributed by atoms with Crippen LogP contribution in [0.3, 0.4) is 0 Å². The molecule has 3 heterocycles. The Balaban J connectivity index is 1.24. The second-order valence-corrected chi connectivity index (χ2v) is 12.4. The van der Waals surface area contributed by atoms with Gasteiger partial charge >= 0.3 is 0 Å². The van der Waals surface area contributed by atoms with E-state index in [0.717, 1.165) is 71.7 Å². The van der Waals surface area contributed by atoms with E-state index in [1.807, 2.05) is 35.6 Å². The number of hydrogen-bond donors (Lipinski definition) is 0. The van der Waals surface area contributed by atoms with E-state index in [1.54, 1.807) is 0 Å². The van der Waals surface area contributed by atoms with Crippen LogP contribution in [0, 0.1) is 0 Å². The van der Waals surface area contributed by atoms with Crippen molar-refractivity contribution < 1.29 is 8.83 Å². The maximum atomic E-state index is 6.47. The topological polar surface area (TPSA) is 29.5 Å². The molecule has 0 bridgehead atoms. The van der Waals surface area contributed by atoms with Crippen molar-refractivity contribution in [3.8, 4) is 0 Å². The highest BCUT2D eigenvalue weighted by molar-refractivity contribution is 7.25. The van der Waals surface area contributed by atoms with Gasteiger partial charge in [0.25, 0.3) is 0 Å². The van der Waals surface area contributed by atoms with Crippen LogP contribution in [0.25, 0.3) is 74.8 Å². The third-order valence-corrected chi connectivity index (χ3v) is 9.98. The fourth-order valence-corrected chi connectivity index (χ4v) is 7.92. The zero-order valence-electron chi connectivity index (χ0n) is 23.5. The largest absolute Gasteiger partial charge is 0.456 e. The lowest BCUT2D eigenvalue weighted by molar-refractivity contribution is 0.669. The van der Waals surface area contributed by atoms with Gasteiger partial charge in [0.15, 0.2) is 0 Å². The summed E-state index contributed by atoms with van der Waals surface area (Å²) in [5.74, 6) is 0. The fraction of sp³-hybridized carbons (Fsp3) is 0. The smallest absolute Gasteiger partial charge is 0.143 e. The summed E-state index contributed by atoms with van der Waals surface area (Å²) in [6.07, 6.45) is 0. The van der Waals surface area contributed by atoms with Crippen molar-refractivity contribution in [1.29, 1.82) is 0 Å². The lowest BCUT2D eigenvalue weighted by Crippen LogP contribution is -2.09. The molecule has 0 aliphatic carbocycles. The zero-order valence-corrected chi connectivity index (χ0v) is 24.3. The first-order chi connectivity index (χ1) is 21.8. The fourth-order valence-electron chi connectivity index (χ4n) is 6.78. The highest BCUT2D eigenvalue weighted by atomic mass is 32.1. The van der Waals surface area contributed by atoms with Crippen LogP contribution in [0.1, 0.15) is 0 Å². The lowest BCUT2D eigenvalue weighted by atomic mass is 10.0. The van der Waals surface area contributed by atoms with Gasteiger partial charge in [0, 0.05) is 64.2 Å². The van der Waals surface area contributed by atoms with Gasteiger partial charge < -0.3 is 13.7 Å². The van der Waals surface area contributed by atoms with Crippen molar-refractivity contribution in [2.24, 2.45) is 0 Å². The lowest BCUT2D eigenvalue weighted by Gasteiger charge is -2.26. The van der Waals surface area contributed by atoms with Crippen molar-refractivity contribution >= 4 is 103 Å². The molecular weight excluding hydrogens is 559 g/mol. The maximum absolute atomic E-state index is 6.47. The van der Waals surface area contributed by atoms with E-state index in [9.17, 15) is 0 Å². The maximum Gasteiger partial charge on any atom is 0.143 e. The number of hydrogen-bond acceptors (Lipinski definition) is 4. The summed E-state index contributed by atoms with van der Waals surface area (Å²) >= 11 is 1.84. The monoisotopic (exact) mass is 581 g/mol. The molecule has 0 unspecified atom stereocenters. The van der Waals surface area contributed by atoms with Gasteiger partial charge in [-0.2, -0.15) is 0 Å². The Kier molecular flexibility index (Phi) is 4.87. The van der Waals surface area contributed by atoms with Gasteiger partial charge in [-0.1, -0.05) is 72.8 Å². The highest BCUT2D eigenvalue weighted by Crippen LogP contribution is 2.44. The average Bonchev–Trinajstić information content (AvgIpc) is 3.76. The number of nitrogens with zero attached hydrogens (tertiary/aromatic N) is 1. The summed E-state index contributed by atoms with van der Waals surface area (Å²) in [5.41, 5.74) is 6.85. The summed E-state index contributed by atoms with van der Waals surface area (Å²) in [7, 11) is 0. The van der Waals surface area contributed by atoms with E-state index in [0.29, 0.717) is 0 Å². The minimum Gasteiger partial charge on any atom is -0.456 e. The van der Waals surface area contributed by atoms with Crippen molar-refractivity contribution in [1.82, 2.24) is 0 Å². The quantitative estimate of drug-likeness (QED) is 0.208. The van der Waals surface area contributed by atoms with Gasteiger partial charge in [0.2, 0.25) is 0 Å². The molecule has 0 fully saturated rings. The second kappa shape index (κ2) is 8.96. The van der Waals surface area contributed by atoms with Gasteiger partial charge in [-0.15, -0.1) is 11.3 Å². The molecule has 0 aliphatic rings. The Morgan fingerprint density at radius 3 is 1.82 bits per heavy atom. The first kappa shape index (κ1) is 23.9. The van der Waals surface area contributed by atoms with E-state index in [1.165, 1.54) is 20.2 Å². The summed E-state index contributed by atoms with van der Waals surface area (Å²) in [6.45, 7) is 0. The predicted molar refractivity (Wildman–Crippen MR) is 186 cm³/mol. The molecule has 3 aromatic heterocycles. The van der Waals surface area contributed by atoms with Crippen molar-refractivity contribution in [3.63, 3.8) is 0 Å². The SMILES string of the molecule is c1ccc2c(c1)oc1ccc(N(c3ccc4c(c3)sc3ccccc34)c3ccc4ccc5c6ccccc6oc5c4c3)cc12. The first-order valence-corrected chi connectivity index (χ1v) is 15.6. The third-order valence-electron chi connectivity index (χ3n) is 8.84. The van der Waals surface area contributed by atoms with Crippen LogP contribution in [0.2, 0.25) is 0 Å². The molecule has 0 N–H and O–H groups in total. The summed E-state index contributed by atoms with van der Waals surface area (Å²) in [4.78, 5) is 2.35. The van der Waals surface area contributed by atoms with Gasteiger partial charge in [0.1, 0.15) is 22.3 Å². The van der Waals surface area contributed by atoms with Crippen molar-refractivity contribution in [2.75, 3.05) is 4.90 Å². The van der Waals surface area contributed by atoms with Crippen molar-refractivity contribution in [2.45, 2.75) is 0 Å². The molecule has 7 aromatic carbocycles. The molecule has 44 heavy (non-hydrogen) atoms. The average molecular weight is 582 g/mol. The minimum absolute atomic E-state index is 0.886. The molecular formula is C40H23NO2S. The normalized spacial score (nSPS) is 12.1. The molecule has 0 aliphatic heterocycles. The molecule has 0 saturated carbocycles. The molecule has 3 nitrogen and oxygen atoms in total. The first-order valence-electron chi connectivity index (χ1n) is 14.8. The number of fused-ring (bicyclic) bond motifs is 11. The molecule has 10 aromatic rings. The Bertz CT molecular complexity index is 2750. The standard InChI is InChI=1S/C40H23NO2S/c1-5-11-36-28(7-1)32-18-14-24-13-15-25(21-33(24)40(32)43-36)41(26-17-20-37-34(22-26)29-8-2-4-10-35(29)42-37)27-16-19-31-30-9-3-6-12-38(30)44-39(31)23-27/h1-23H. The predicted octanol–water partition coefficient (Wildman–Crippen LogP) is 12.5. The van der Waals surface area contributed by atoms with Crippen LogP contribution in [0.5, 0.6) is 0 Å². The summed E-state index contributed by atoms with van der Waals surface area (Å²) in [5, 5.41) is 9.32. The number of thiophene rings is 1. The van der Waals surface area contributed by atoms with Crippen LogP contribution >= 0.6 is 11.3 Å². The van der Waals surface area contributed by atoms with Gasteiger partial charge in [-0.05, 0) is 72.1 Å². The molecule has 4 heteroatoms. The van der Waals surface area contributed by atoms with E-state index < -0.39 is 0 Å². The minimum atomic E-state index is 0.886. The van der Waals surface area contributed by atoms with Crippen LogP contribution in [0.15, 0.2) is 148 Å². The summed E-state index contributed by atoms with van der Waals surface area (Å²) < 4.78 is 15.2. The van der Waals surface area contributed by atoms with Crippen LogP contribution in [-0.2, 0) is 0 Å². The second-order valence-electron chi connectivity index (χ2n) is 11.3. The number of anilines is 3. The zero-order chi connectivity index (χ0) is 28.8. The Labute approximate surface area is 255 Å². The molecule has 0 amide bonds. The summed E-state index contributed by atoms with van der Waals surface area (Å²) in [6, 6.07) is 49.6. The molecule has 0 atom stereocenters. The number of benzene rings is 7. The molecule has 206 valence electrons. The van der Waals surface area contributed by atoms with Gasteiger partial charge in [-0.25, -0.2) is 0 Å². The van der Waals surface area contributed by atoms with Crippen LogP contribution < -0.4 is 4.90 Å². The molecule has 0 saturated heterocycles. The van der Waals surface area contributed by atoms with E-state index in [-0.39, 0.29) is 0 Å². The highest BCUT2D eigenvalue weighted by Gasteiger charge is 2.19.